The first kappa shape index (κ1) is 16.5. The van der Waals surface area contributed by atoms with Crippen LogP contribution in [0.3, 0.4) is 0 Å². The number of hydrogen-bond donors (Lipinski definition) is 0. The Morgan fingerprint density at radius 1 is 1.09 bits per heavy atom. The number of aromatic nitrogens is 1. The number of thioether (sulfide) groups is 1. The van der Waals surface area contributed by atoms with Gasteiger partial charge in [-0.15, -0.1) is 11.8 Å². The maximum Gasteiger partial charge on any atom is 0.417 e. The first-order valence-corrected chi connectivity index (χ1v) is 7.29. The molecule has 0 amide bonds. The summed E-state index contributed by atoms with van der Waals surface area (Å²) in [6, 6.07) is 7.78. The maximum atomic E-state index is 12.5. The number of nitrogens with zero attached hydrogens (tertiary/aromatic N) is 1. The van der Waals surface area contributed by atoms with E-state index in [2.05, 4.69) is 4.98 Å². The molecule has 22 heavy (non-hydrogen) atoms. The molecule has 0 aliphatic heterocycles. The van der Waals surface area contributed by atoms with E-state index in [1.807, 2.05) is 6.07 Å². The SMILES string of the molecule is COc1ccc(OC)c(CSc2ccc(C(F)(F)F)cn2)c1. The number of benzene rings is 1. The summed E-state index contributed by atoms with van der Waals surface area (Å²) in [5, 5.41) is 0.512. The Hall–Kier alpha value is -1.89. The van der Waals surface area contributed by atoms with E-state index in [0.717, 1.165) is 17.8 Å². The van der Waals surface area contributed by atoms with Gasteiger partial charge in [0.1, 0.15) is 11.5 Å². The van der Waals surface area contributed by atoms with E-state index in [9.17, 15) is 13.2 Å². The average molecular weight is 329 g/mol. The van der Waals surface area contributed by atoms with Gasteiger partial charge in [-0.25, -0.2) is 4.98 Å². The molecule has 1 aromatic carbocycles. The van der Waals surface area contributed by atoms with Gasteiger partial charge in [0, 0.05) is 17.5 Å². The van der Waals surface area contributed by atoms with Crippen molar-refractivity contribution >= 4 is 11.8 Å². The van der Waals surface area contributed by atoms with E-state index >= 15 is 0 Å². The van der Waals surface area contributed by atoms with Crippen LogP contribution in [0.15, 0.2) is 41.6 Å². The molecule has 0 fully saturated rings. The molecule has 0 saturated carbocycles. The van der Waals surface area contributed by atoms with Crippen molar-refractivity contribution in [3.63, 3.8) is 0 Å². The van der Waals surface area contributed by atoms with Crippen molar-refractivity contribution in [3.8, 4) is 11.5 Å². The molecule has 0 spiro atoms. The molecule has 0 radical (unpaired) electrons. The molecule has 1 aromatic heterocycles. The highest BCUT2D eigenvalue weighted by Crippen LogP contribution is 2.32. The highest BCUT2D eigenvalue weighted by atomic mass is 32.2. The number of halogens is 3. The lowest BCUT2D eigenvalue weighted by atomic mass is 10.2. The Bertz CT molecular complexity index is 630. The zero-order valence-corrected chi connectivity index (χ0v) is 12.8. The molecular weight excluding hydrogens is 315 g/mol. The zero-order chi connectivity index (χ0) is 16.2. The van der Waals surface area contributed by atoms with Crippen molar-refractivity contribution in [3.05, 3.63) is 47.7 Å². The van der Waals surface area contributed by atoms with Crippen LogP contribution >= 0.6 is 11.8 Å². The predicted octanol–water partition coefficient (Wildman–Crippen LogP) is 4.41. The van der Waals surface area contributed by atoms with Gasteiger partial charge in [-0.2, -0.15) is 13.2 Å². The van der Waals surface area contributed by atoms with Crippen LogP contribution in [-0.4, -0.2) is 19.2 Å². The number of hydrogen-bond acceptors (Lipinski definition) is 4. The second-order valence-electron chi connectivity index (χ2n) is 4.35. The standard InChI is InChI=1S/C15H14F3NO2S/c1-20-12-4-5-13(21-2)10(7-12)9-22-14-6-3-11(8-19-14)15(16,17)18/h3-8H,9H2,1-2H3. The van der Waals surface area contributed by atoms with Gasteiger partial charge in [-0.05, 0) is 30.3 Å². The number of methoxy groups -OCH3 is 2. The molecule has 0 atom stereocenters. The van der Waals surface area contributed by atoms with Gasteiger partial charge in [0.2, 0.25) is 0 Å². The van der Waals surface area contributed by atoms with Crippen molar-refractivity contribution in [1.29, 1.82) is 0 Å². The first-order chi connectivity index (χ1) is 10.4. The highest BCUT2D eigenvalue weighted by molar-refractivity contribution is 7.98. The smallest absolute Gasteiger partial charge is 0.417 e. The predicted molar refractivity (Wildman–Crippen MR) is 78.3 cm³/mol. The maximum absolute atomic E-state index is 12.5. The monoisotopic (exact) mass is 329 g/mol. The fourth-order valence-corrected chi connectivity index (χ4v) is 2.60. The summed E-state index contributed by atoms with van der Waals surface area (Å²) in [5.74, 6) is 1.90. The molecule has 2 aromatic rings. The summed E-state index contributed by atoms with van der Waals surface area (Å²) in [6.07, 6.45) is -3.53. The molecule has 0 saturated heterocycles. The fraction of sp³-hybridized carbons (Fsp3) is 0.267. The second kappa shape index (κ2) is 6.91. The molecule has 1 heterocycles. The van der Waals surface area contributed by atoms with E-state index in [1.54, 1.807) is 26.4 Å². The van der Waals surface area contributed by atoms with Crippen LogP contribution in [0.2, 0.25) is 0 Å². The lowest BCUT2D eigenvalue weighted by Crippen LogP contribution is -2.05. The van der Waals surface area contributed by atoms with Crippen LogP contribution in [-0.2, 0) is 11.9 Å². The third-order valence-electron chi connectivity index (χ3n) is 2.93. The molecule has 2 rings (SSSR count). The van der Waals surface area contributed by atoms with Gasteiger partial charge in [-0.3, -0.25) is 0 Å². The summed E-state index contributed by atoms with van der Waals surface area (Å²) in [4.78, 5) is 3.83. The first-order valence-electron chi connectivity index (χ1n) is 6.31. The van der Waals surface area contributed by atoms with Gasteiger partial charge in [0.05, 0.1) is 24.8 Å². The summed E-state index contributed by atoms with van der Waals surface area (Å²) in [6.45, 7) is 0. The third-order valence-corrected chi connectivity index (χ3v) is 3.92. The Morgan fingerprint density at radius 2 is 1.86 bits per heavy atom. The van der Waals surface area contributed by atoms with Crippen molar-refractivity contribution in [2.75, 3.05) is 14.2 Å². The van der Waals surface area contributed by atoms with E-state index in [0.29, 0.717) is 22.3 Å². The van der Waals surface area contributed by atoms with Crippen LogP contribution in [0.25, 0.3) is 0 Å². The summed E-state index contributed by atoms with van der Waals surface area (Å²) < 4.78 is 47.8. The normalized spacial score (nSPS) is 11.3. The van der Waals surface area contributed by atoms with Crippen LogP contribution in [0, 0.1) is 0 Å². The molecule has 0 unspecified atom stereocenters. The fourth-order valence-electron chi connectivity index (χ4n) is 1.78. The largest absolute Gasteiger partial charge is 0.497 e. The lowest BCUT2D eigenvalue weighted by Gasteiger charge is -2.10. The molecule has 0 aliphatic rings. The summed E-state index contributed by atoms with van der Waals surface area (Å²) in [7, 11) is 3.13. The van der Waals surface area contributed by atoms with Crippen molar-refractivity contribution < 1.29 is 22.6 Å². The van der Waals surface area contributed by atoms with Gasteiger partial charge in [-0.1, -0.05) is 0 Å². The Morgan fingerprint density at radius 3 is 2.41 bits per heavy atom. The lowest BCUT2D eigenvalue weighted by molar-refractivity contribution is -0.137. The average Bonchev–Trinajstić information content (AvgIpc) is 2.52. The molecule has 0 N–H and O–H groups in total. The van der Waals surface area contributed by atoms with Gasteiger partial charge in [0.25, 0.3) is 0 Å². The Kier molecular flexibility index (Phi) is 5.18. The number of ether oxygens (including phenoxy) is 2. The van der Waals surface area contributed by atoms with Crippen LogP contribution < -0.4 is 9.47 Å². The van der Waals surface area contributed by atoms with Crippen molar-refractivity contribution in [2.45, 2.75) is 17.0 Å². The quantitative estimate of drug-likeness (QED) is 0.761. The minimum Gasteiger partial charge on any atom is -0.497 e. The van der Waals surface area contributed by atoms with Crippen molar-refractivity contribution in [2.24, 2.45) is 0 Å². The van der Waals surface area contributed by atoms with Crippen LogP contribution in [0.4, 0.5) is 13.2 Å². The topological polar surface area (TPSA) is 31.4 Å². The van der Waals surface area contributed by atoms with E-state index < -0.39 is 11.7 Å². The van der Waals surface area contributed by atoms with Gasteiger partial charge in [0.15, 0.2) is 0 Å². The summed E-state index contributed by atoms with van der Waals surface area (Å²) >= 11 is 1.33. The molecule has 3 nitrogen and oxygen atoms in total. The minimum absolute atomic E-state index is 0.512. The number of alkyl halides is 3. The third kappa shape index (κ3) is 4.07. The van der Waals surface area contributed by atoms with Gasteiger partial charge < -0.3 is 9.47 Å². The van der Waals surface area contributed by atoms with Crippen molar-refractivity contribution in [1.82, 2.24) is 4.98 Å². The van der Waals surface area contributed by atoms with Crippen LogP contribution in [0.1, 0.15) is 11.1 Å². The molecular formula is C15H14F3NO2S. The summed E-state index contributed by atoms with van der Waals surface area (Å²) in [5.41, 5.74) is 0.129. The zero-order valence-electron chi connectivity index (χ0n) is 12.0. The van der Waals surface area contributed by atoms with Crippen LogP contribution in [0.5, 0.6) is 11.5 Å². The Labute approximate surface area is 130 Å². The van der Waals surface area contributed by atoms with E-state index in [4.69, 9.17) is 9.47 Å². The van der Waals surface area contributed by atoms with E-state index in [1.165, 1.54) is 17.8 Å². The second-order valence-corrected chi connectivity index (χ2v) is 5.34. The number of pyridine rings is 1. The Balaban J connectivity index is 2.09. The molecule has 7 heteroatoms. The van der Waals surface area contributed by atoms with E-state index in [-0.39, 0.29) is 0 Å². The molecule has 0 bridgehead atoms. The highest BCUT2D eigenvalue weighted by Gasteiger charge is 2.30. The molecule has 0 aliphatic carbocycles. The minimum atomic E-state index is -4.37. The molecule has 118 valence electrons. The number of rotatable bonds is 5. The van der Waals surface area contributed by atoms with Gasteiger partial charge >= 0.3 is 6.18 Å².